The van der Waals surface area contributed by atoms with Crippen molar-refractivity contribution in [2.75, 3.05) is 11.9 Å². The number of rotatable bonds is 3. The molecule has 0 amide bonds. The van der Waals surface area contributed by atoms with Crippen LogP contribution >= 0.6 is 11.3 Å². The first-order valence-electron chi connectivity index (χ1n) is 11.0. The van der Waals surface area contributed by atoms with Gasteiger partial charge in [-0.15, -0.1) is 11.3 Å². The van der Waals surface area contributed by atoms with E-state index in [1.807, 2.05) is 45.9 Å². The van der Waals surface area contributed by atoms with Gasteiger partial charge in [-0.2, -0.15) is 18.2 Å². The summed E-state index contributed by atoms with van der Waals surface area (Å²) in [5.74, 6) is 0.439. The minimum atomic E-state index is -4.47. The standard InChI is InChI=1S/C21H14F3N3OS.2C2H6/c22-21(23,24)18-15(12-4-2-1-3-5-12)11-17(29-18)20-26-19(27-28-20)14-6-7-16-13(10-14)8-9-25-16;2*1-2/h1-7,10-11,25H,8-9H2;2*1-2H3. The molecule has 0 spiro atoms. The maximum absolute atomic E-state index is 13.6. The van der Waals surface area contributed by atoms with Crippen LogP contribution in [0.2, 0.25) is 0 Å². The average Bonchev–Trinajstić information content (AvgIpc) is 3.60. The Hall–Kier alpha value is -3.13. The fourth-order valence-electron chi connectivity index (χ4n) is 3.42. The van der Waals surface area contributed by atoms with Gasteiger partial charge >= 0.3 is 6.18 Å². The molecule has 8 heteroatoms. The molecule has 3 heterocycles. The lowest BCUT2D eigenvalue weighted by atomic mass is 10.1. The summed E-state index contributed by atoms with van der Waals surface area (Å²) in [5.41, 5.74) is 3.63. The van der Waals surface area contributed by atoms with Crippen LogP contribution in [0.1, 0.15) is 38.1 Å². The molecule has 0 bridgehead atoms. The summed E-state index contributed by atoms with van der Waals surface area (Å²) in [5, 5.41) is 7.26. The predicted octanol–water partition coefficient (Wildman–Crippen LogP) is 8.17. The number of aromatic nitrogens is 2. The molecule has 1 N–H and O–H groups in total. The molecule has 2 aromatic heterocycles. The summed E-state index contributed by atoms with van der Waals surface area (Å²) >= 11 is 0.612. The molecule has 174 valence electrons. The highest BCUT2D eigenvalue weighted by molar-refractivity contribution is 7.16. The largest absolute Gasteiger partial charge is 0.426 e. The highest BCUT2D eigenvalue weighted by atomic mass is 32.1. The summed E-state index contributed by atoms with van der Waals surface area (Å²) in [4.78, 5) is 3.96. The molecule has 0 unspecified atom stereocenters. The molecule has 4 nitrogen and oxygen atoms in total. The van der Waals surface area contributed by atoms with Crippen molar-refractivity contribution in [2.24, 2.45) is 0 Å². The third kappa shape index (κ3) is 5.27. The Morgan fingerprint density at radius 1 is 0.939 bits per heavy atom. The van der Waals surface area contributed by atoms with Crippen LogP contribution < -0.4 is 5.32 Å². The van der Waals surface area contributed by atoms with Gasteiger partial charge in [-0.3, -0.25) is 0 Å². The number of thiophene rings is 1. The molecule has 4 aromatic rings. The molecular weight excluding hydrogens is 447 g/mol. The van der Waals surface area contributed by atoms with E-state index >= 15 is 0 Å². The van der Waals surface area contributed by atoms with Gasteiger partial charge in [0.15, 0.2) is 0 Å². The quantitative estimate of drug-likeness (QED) is 0.326. The molecule has 0 atom stereocenters. The highest BCUT2D eigenvalue weighted by Crippen LogP contribution is 2.45. The first-order valence-corrected chi connectivity index (χ1v) is 11.8. The van der Waals surface area contributed by atoms with E-state index in [9.17, 15) is 13.2 Å². The molecular formula is C25H26F3N3OS. The SMILES string of the molecule is CC.CC.FC(F)(F)c1sc(-c2nc(-c3ccc4c(c3)CCN4)no2)cc1-c1ccccc1. The molecule has 0 radical (unpaired) electrons. The summed E-state index contributed by atoms with van der Waals surface area (Å²) in [6, 6.07) is 15.8. The normalized spacial score (nSPS) is 12.1. The number of hydrogen-bond donors (Lipinski definition) is 1. The summed E-state index contributed by atoms with van der Waals surface area (Å²) in [7, 11) is 0. The lowest BCUT2D eigenvalue weighted by molar-refractivity contribution is -0.133. The van der Waals surface area contributed by atoms with E-state index in [1.54, 1.807) is 30.3 Å². The average molecular weight is 474 g/mol. The lowest BCUT2D eigenvalue weighted by Crippen LogP contribution is -2.03. The van der Waals surface area contributed by atoms with Crippen molar-refractivity contribution in [1.29, 1.82) is 0 Å². The second-order valence-corrected chi connectivity index (χ2v) is 7.74. The highest BCUT2D eigenvalue weighted by Gasteiger charge is 2.37. The van der Waals surface area contributed by atoms with Crippen molar-refractivity contribution >= 4 is 17.0 Å². The van der Waals surface area contributed by atoms with Crippen LogP contribution in [0.5, 0.6) is 0 Å². The van der Waals surface area contributed by atoms with Crippen molar-refractivity contribution in [1.82, 2.24) is 10.1 Å². The Bertz CT molecular complexity index is 1180. The van der Waals surface area contributed by atoms with Crippen LogP contribution in [0.15, 0.2) is 59.1 Å². The van der Waals surface area contributed by atoms with Gasteiger partial charge in [-0.05, 0) is 41.8 Å². The molecule has 0 saturated heterocycles. The molecule has 1 aliphatic rings. The molecule has 5 rings (SSSR count). The van der Waals surface area contributed by atoms with Crippen molar-refractivity contribution in [3.05, 3.63) is 65.0 Å². The van der Waals surface area contributed by atoms with Gasteiger partial charge in [0.1, 0.15) is 4.88 Å². The fraction of sp³-hybridized carbons (Fsp3) is 0.280. The van der Waals surface area contributed by atoms with Crippen molar-refractivity contribution in [2.45, 2.75) is 40.3 Å². The Morgan fingerprint density at radius 2 is 1.67 bits per heavy atom. The smallest absolute Gasteiger partial charge is 0.384 e. The fourth-order valence-corrected chi connectivity index (χ4v) is 4.39. The Labute approximate surface area is 195 Å². The van der Waals surface area contributed by atoms with E-state index in [1.165, 1.54) is 6.07 Å². The van der Waals surface area contributed by atoms with E-state index < -0.39 is 11.1 Å². The number of hydrogen-bond acceptors (Lipinski definition) is 5. The second kappa shape index (κ2) is 10.7. The number of halogens is 3. The van der Waals surface area contributed by atoms with Crippen LogP contribution in [0, 0.1) is 0 Å². The van der Waals surface area contributed by atoms with Gasteiger partial charge in [0.2, 0.25) is 5.82 Å². The van der Waals surface area contributed by atoms with Gasteiger partial charge < -0.3 is 9.84 Å². The van der Waals surface area contributed by atoms with Crippen molar-refractivity contribution in [3.8, 4) is 33.3 Å². The third-order valence-electron chi connectivity index (χ3n) is 4.78. The minimum absolute atomic E-state index is 0.0799. The molecule has 2 aromatic carbocycles. The van der Waals surface area contributed by atoms with Crippen LogP contribution in [0.25, 0.3) is 33.3 Å². The lowest BCUT2D eigenvalue weighted by Gasteiger charge is -2.07. The van der Waals surface area contributed by atoms with Crippen LogP contribution in [-0.2, 0) is 12.6 Å². The van der Waals surface area contributed by atoms with Crippen molar-refractivity contribution in [3.63, 3.8) is 0 Å². The van der Waals surface area contributed by atoms with Gasteiger partial charge in [0.25, 0.3) is 5.89 Å². The Balaban J connectivity index is 0.000000728. The van der Waals surface area contributed by atoms with E-state index in [0.717, 1.165) is 29.8 Å². The molecule has 0 fully saturated rings. The van der Waals surface area contributed by atoms with Gasteiger partial charge in [0, 0.05) is 23.4 Å². The maximum Gasteiger partial charge on any atom is 0.426 e. The van der Waals surface area contributed by atoms with Crippen LogP contribution in [0.4, 0.5) is 18.9 Å². The van der Waals surface area contributed by atoms with Crippen LogP contribution in [0.3, 0.4) is 0 Å². The number of benzene rings is 2. The molecule has 1 aliphatic heterocycles. The van der Waals surface area contributed by atoms with E-state index in [0.29, 0.717) is 22.7 Å². The maximum atomic E-state index is 13.6. The molecule has 0 saturated carbocycles. The summed E-state index contributed by atoms with van der Waals surface area (Å²) in [6.45, 7) is 8.88. The van der Waals surface area contributed by atoms with Gasteiger partial charge in [-0.25, -0.2) is 0 Å². The third-order valence-corrected chi connectivity index (χ3v) is 5.95. The van der Waals surface area contributed by atoms with Gasteiger partial charge in [-0.1, -0.05) is 63.2 Å². The first-order chi connectivity index (χ1) is 16.0. The molecule has 0 aliphatic carbocycles. The zero-order valence-electron chi connectivity index (χ0n) is 19.0. The van der Waals surface area contributed by atoms with E-state index in [2.05, 4.69) is 15.5 Å². The Morgan fingerprint density at radius 3 is 2.36 bits per heavy atom. The van der Waals surface area contributed by atoms with E-state index in [-0.39, 0.29) is 16.3 Å². The Kier molecular flexibility index (Phi) is 7.92. The van der Waals surface area contributed by atoms with E-state index in [4.69, 9.17) is 4.52 Å². The number of alkyl halides is 3. The first kappa shape index (κ1) is 24.5. The number of nitrogens with zero attached hydrogens (tertiary/aromatic N) is 2. The number of nitrogens with one attached hydrogen (secondary N) is 1. The zero-order chi connectivity index (χ0) is 24.0. The molecule has 33 heavy (non-hydrogen) atoms. The second-order valence-electron chi connectivity index (χ2n) is 6.69. The van der Waals surface area contributed by atoms with Crippen molar-refractivity contribution < 1.29 is 17.7 Å². The zero-order valence-corrected chi connectivity index (χ0v) is 19.8. The number of anilines is 1. The number of fused-ring (bicyclic) bond motifs is 1. The predicted molar refractivity (Wildman–Crippen MR) is 128 cm³/mol. The summed E-state index contributed by atoms with van der Waals surface area (Å²) in [6.07, 6.45) is -3.56. The van der Waals surface area contributed by atoms with Gasteiger partial charge in [0.05, 0.1) is 4.88 Å². The monoisotopic (exact) mass is 473 g/mol. The summed E-state index contributed by atoms with van der Waals surface area (Å²) < 4.78 is 46.1. The minimum Gasteiger partial charge on any atom is -0.384 e. The topological polar surface area (TPSA) is 51.0 Å². The van der Waals surface area contributed by atoms with Crippen LogP contribution in [-0.4, -0.2) is 16.7 Å².